The molecular formula is C16H24O3. The van der Waals surface area contributed by atoms with Crippen molar-refractivity contribution in [3.63, 3.8) is 0 Å². The van der Waals surface area contributed by atoms with Gasteiger partial charge in [0, 0.05) is 6.61 Å². The highest BCUT2D eigenvalue weighted by Crippen LogP contribution is 2.08. The molecule has 0 aromatic heterocycles. The molecule has 0 radical (unpaired) electrons. The van der Waals surface area contributed by atoms with Gasteiger partial charge in [-0.25, -0.2) is 4.79 Å². The van der Waals surface area contributed by atoms with Crippen molar-refractivity contribution >= 4 is 5.97 Å². The Morgan fingerprint density at radius 1 is 1.05 bits per heavy atom. The summed E-state index contributed by atoms with van der Waals surface area (Å²) in [5, 5.41) is 0. The molecule has 3 nitrogen and oxygen atoms in total. The monoisotopic (exact) mass is 264 g/mol. The van der Waals surface area contributed by atoms with Crippen LogP contribution in [0.1, 0.15) is 48.5 Å². The minimum Gasteiger partial charge on any atom is -0.460 e. The van der Waals surface area contributed by atoms with Crippen molar-refractivity contribution < 1.29 is 14.3 Å². The first kappa shape index (κ1) is 15.7. The minimum atomic E-state index is -0.271. The lowest BCUT2D eigenvalue weighted by molar-refractivity contribution is 0.0311. The van der Waals surface area contributed by atoms with E-state index in [1.165, 1.54) is 19.3 Å². The van der Waals surface area contributed by atoms with Crippen LogP contribution in [0.5, 0.6) is 0 Å². The largest absolute Gasteiger partial charge is 0.460 e. The average Bonchev–Trinajstić information content (AvgIpc) is 2.42. The van der Waals surface area contributed by atoms with Crippen LogP contribution in [0, 0.1) is 6.92 Å². The molecule has 1 aromatic rings. The van der Waals surface area contributed by atoms with Crippen LogP contribution in [0.15, 0.2) is 24.3 Å². The molecule has 0 spiro atoms. The molecule has 19 heavy (non-hydrogen) atoms. The third-order valence-corrected chi connectivity index (χ3v) is 2.97. The second kappa shape index (κ2) is 9.56. The summed E-state index contributed by atoms with van der Waals surface area (Å²) in [6.07, 6.45) is 4.78. The van der Waals surface area contributed by atoms with Crippen molar-refractivity contribution in [1.29, 1.82) is 0 Å². The Hall–Kier alpha value is -1.35. The molecule has 1 rings (SSSR count). The first-order chi connectivity index (χ1) is 9.25. The van der Waals surface area contributed by atoms with Crippen LogP contribution in [0.2, 0.25) is 0 Å². The summed E-state index contributed by atoms with van der Waals surface area (Å²) in [4.78, 5) is 11.8. The lowest BCUT2D eigenvalue weighted by atomic mass is 10.1. The molecular weight excluding hydrogens is 240 g/mol. The van der Waals surface area contributed by atoms with E-state index in [2.05, 4.69) is 6.92 Å². The maximum absolute atomic E-state index is 11.8. The fraction of sp³-hybridized carbons (Fsp3) is 0.562. The van der Waals surface area contributed by atoms with E-state index in [0.29, 0.717) is 18.8 Å². The van der Waals surface area contributed by atoms with E-state index >= 15 is 0 Å². The normalized spacial score (nSPS) is 10.4. The molecule has 0 N–H and O–H groups in total. The standard InChI is InChI=1S/C16H24O3/c1-3-4-5-8-11-18-12-13-19-16(17)15-10-7-6-9-14(15)2/h6-7,9-10H,3-5,8,11-13H2,1-2H3. The van der Waals surface area contributed by atoms with Gasteiger partial charge < -0.3 is 9.47 Å². The summed E-state index contributed by atoms with van der Waals surface area (Å²) >= 11 is 0. The third-order valence-electron chi connectivity index (χ3n) is 2.97. The van der Waals surface area contributed by atoms with Crippen LogP contribution < -0.4 is 0 Å². The summed E-state index contributed by atoms with van der Waals surface area (Å²) in [5.41, 5.74) is 1.57. The van der Waals surface area contributed by atoms with Crippen molar-refractivity contribution in [2.24, 2.45) is 0 Å². The first-order valence-corrected chi connectivity index (χ1v) is 7.06. The molecule has 0 saturated heterocycles. The molecule has 0 fully saturated rings. The number of benzene rings is 1. The van der Waals surface area contributed by atoms with Gasteiger partial charge in [0.15, 0.2) is 0 Å². The van der Waals surface area contributed by atoms with E-state index in [1.807, 2.05) is 25.1 Å². The quantitative estimate of drug-likeness (QED) is 0.503. The smallest absolute Gasteiger partial charge is 0.338 e. The van der Waals surface area contributed by atoms with Crippen molar-refractivity contribution in [1.82, 2.24) is 0 Å². The zero-order valence-electron chi connectivity index (χ0n) is 12.0. The van der Waals surface area contributed by atoms with Gasteiger partial charge in [0.25, 0.3) is 0 Å². The van der Waals surface area contributed by atoms with E-state index in [0.717, 1.165) is 18.6 Å². The van der Waals surface area contributed by atoms with E-state index in [-0.39, 0.29) is 5.97 Å². The summed E-state index contributed by atoms with van der Waals surface area (Å²) in [6, 6.07) is 7.43. The highest BCUT2D eigenvalue weighted by Gasteiger charge is 2.08. The van der Waals surface area contributed by atoms with E-state index < -0.39 is 0 Å². The van der Waals surface area contributed by atoms with E-state index in [4.69, 9.17) is 9.47 Å². The highest BCUT2D eigenvalue weighted by atomic mass is 16.6. The second-order valence-corrected chi connectivity index (χ2v) is 4.62. The van der Waals surface area contributed by atoms with Gasteiger partial charge in [0.2, 0.25) is 0 Å². The van der Waals surface area contributed by atoms with Crippen LogP contribution in [0.25, 0.3) is 0 Å². The molecule has 0 unspecified atom stereocenters. The van der Waals surface area contributed by atoms with Crippen molar-refractivity contribution in [2.45, 2.75) is 39.5 Å². The summed E-state index contributed by atoms with van der Waals surface area (Å²) in [6.45, 7) is 5.64. The molecule has 0 saturated carbocycles. The maximum Gasteiger partial charge on any atom is 0.338 e. The summed E-state index contributed by atoms with van der Waals surface area (Å²) in [7, 11) is 0. The van der Waals surface area contributed by atoms with E-state index in [9.17, 15) is 4.79 Å². The fourth-order valence-electron chi connectivity index (χ4n) is 1.81. The van der Waals surface area contributed by atoms with Gasteiger partial charge in [0.05, 0.1) is 12.2 Å². The number of unbranched alkanes of at least 4 members (excludes halogenated alkanes) is 3. The number of aryl methyl sites for hydroxylation is 1. The maximum atomic E-state index is 11.8. The number of hydrogen-bond acceptors (Lipinski definition) is 3. The Kier molecular flexibility index (Phi) is 7.91. The number of carbonyl (C=O) groups is 1. The number of carbonyl (C=O) groups excluding carboxylic acids is 1. The summed E-state index contributed by atoms with van der Waals surface area (Å²) in [5.74, 6) is -0.271. The zero-order valence-corrected chi connectivity index (χ0v) is 12.0. The Morgan fingerprint density at radius 3 is 2.58 bits per heavy atom. The molecule has 0 aliphatic heterocycles. The van der Waals surface area contributed by atoms with Gasteiger partial charge in [-0.05, 0) is 25.0 Å². The van der Waals surface area contributed by atoms with Crippen LogP contribution in [0.4, 0.5) is 0 Å². The van der Waals surface area contributed by atoms with Crippen LogP contribution in [-0.2, 0) is 9.47 Å². The van der Waals surface area contributed by atoms with Gasteiger partial charge in [0.1, 0.15) is 6.61 Å². The zero-order chi connectivity index (χ0) is 13.9. The molecule has 0 amide bonds. The average molecular weight is 264 g/mol. The van der Waals surface area contributed by atoms with Gasteiger partial charge in [-0.1, -0.05) is 44.4 Å². The molecule has 3 heteroatoms. The molecule has 106 valence electrons. The summed E-state index contributed by atoms with van der Waals surface area (Å²) < 4.78 is 10.6. The van der Waals surface area contributed by atoms with E-state index in [1.54, 1.807) is 6.07 Å². The van der Waals surface area contributed by atoms with Crippen LogP contribution >= 0.6 is 0 Å². The van der Waals surface area contributed by atoms with Crippen molar-refractivity contribution in [3.05, 3.63) is 35.4 Å². The molecule has 0 atom stereocenters. The topological polar surface area (TPSA) is 35.5 Å². The van der Waals surface area contributed by atoms with Crippen molar-refractivity contribution in [3.8, 4) is 0 Å². The molecule has 0 heterocycles. The predicted molar refractivity (Wildman–Crippen MR) is 76.4 cm³/mol. The van der Waals surface area contributed by atoms with Gasteiger partial charge in [-0.2, -0.15) is 0 Å². The Labute approximate surface area is 115 Å². The highest BCUT2D eigenvalue weighted by molar-refractivity contribution is 5.90. The molecule has 1 aromatic carbocycles. The molecule has 0 bridgehead atoms. The van der Waals surface area contributed by atoms with Gasteiger partial charge in [-0.15, -0.1) is 0 Å². The predicted octanol–water partition coefficient (Wildman–Crippen LogP) is 3.75. The number of esters is 1. The number of rotatable bonds is 9. The lowest BCUT2D eigenvalue weighted by Gasteiger charge is -2.07. The molecule has 0 aliphatic carbocycles. The van der Waals surface area contributed by atoms with Crippen molar-refractivity contribution in [2.75, 3.05) is 19.8 Å². The van der Waals surface area contributed by atoms with Crippen LogP contribution in [-0.4, -0.2) is 25.8 Å². The first-order valence-electron chi connectivity index (χ1n) is 7.06. The third kappa shape index (κ3) is 6.39. The number of hydrogen-bond donors (Lipinski definition) is 0. The molecule has 0 aliphatic rings. The SMILES string of the molecule is CCCCCCOCCOC(=O)c1ccccc1C. The minimum absolute atomic E-state index is 0.271. The fourth-order valence-corrected chi connectivity index (χ4v) is 1.81. The Balaban J connectivity index is 2.10. The lowest BCUT2D eigenvalue weighted by Crippen LogP contribution is -2.12. The Morgan fingerprint density at radius 2 is 1.84 bits per heavy atom. The van der Waals surface area contributed by atoms with Crippen LogP contribution in [0.3, 0.4) is 0 Å². The number of ether oxygens (including phenoxy) is 2. The second-order valence-electron chi connectivity index (χ2n) is 4.62. The van der Waals surface area contributed by atoms with Gasteiger partial charge >= 0.3 is 5.97 Å². The van der Waals surface area contributed by atoms with Gasteiger partial charge in [-0.3, -0.25) is 0 Å². The Bertz CT molecular complexity index is 374.